The first kappa shape index (κ1) is 12.2. The molecule has 1 aliphatic heterocycles. The predicted molar refractivity (Wildman–Crippen MR) is 61.3 cm³/mol. The van der Waals surface area contributed by atoms with Gasteiger partial charge in [-0.2, -0.15) is 0 Å². The van der Waals surface area contributed by atoms with Crippen LogP contribution in [0.3, 0.4) is 0 Å². The third-order valence-electron chi connectivity index (χ3n) is 2.72. The molecule has 0 spiro atoms. The van der Waals surface area contributed by atoms with Gasteiger partial charge in [0.15, 0.2) is 17.7 Å². The summed E-state index contributed by atoms with van der Waals surface area (Å²) in [5, 5.41) is 10.1. The van der Waals surface area contributed by atoms with Gasteiger partial charge < -0.3 is 14.6 Å². The number of carbonyl (C=O) groups excluding carboxylic acids is 1. The van der Waals surface area contributed by atoms with Gasteiger partial charge in [-0.3, -0.25) is 4.79 Å². The third kappa shape index (κ3) is 2.72. The van der Waals surface area contributed by atoms with E-state index in [1.807, 2.05) is 18.2 Å². The van der Waals surface area contributed by atoms with Gasteiger partial charge in [0.25, 0.3) is 0 Å². The van der Waals surface area contributed by atoms with Gasteiger partial charge in [-0.1, -0.05) is 30.3 Å². The normalized spacial score (nSPS) is 25.6. The lowest BCUT2D eigenvalue weighted by Crippen LogP contribution is -2.48. The average Bonchev–Trinajstić information content (AvgIpc) is 2.33. The zero-order valence-corrected chi connectivity index (χ0v) is 9.92. The van der Waals surface area contributed by atoms with Gasteiger partial charge in [0.05, 0.1) is 0 Å². The van der Waals surface area contributed by atoms with Crippen molar-refractivity contribution in [3.05, 3.63) is 35.9 Å². The first-order valence-corrected chi connectivity index (χ1v) is 5.57. The standard InChI is InChI=1S/C13H16O4/c1-13(2)16-8-10(14)12(17-13)11(15)9-6-4-3-5-7-9/h3-7,11-12,15H,8H2,1-2H3/t11-,12+/m1/s1. The van der Waals surface area contributed by atoms with Crippen molar-refractivity contribution in [3.63, 3.8) is 0 Å². The molecule has 1 saturated heterocycles. The summed E-state index contributed by atoms with van der Waals surface area (Å²) < 4.78 is 10.7. The first-order valence-electron chi connectivity index (χ1n) is 5.57. The zero-order valence-electron chi connectivity index (χ0n) is 9.92. The lowest BCUT2D eigenvalue weighted by atomic mass is 10.0. The van der Waals surface area contributed by atoms with Crippen LogP contribution in [0.1, 0.15) is 25.5 Å². The Bertz CT molecular complexity index is 399. The molecule has 1 fully saturated rings. The van der Waals surface area contributed by atoms with Crippen LogP contribution in [-0.2, 0) is 14.3 Å². The molecule has 0 aromatic heterocycles. The molecule has 0 saturated carbocycles. The van der Waals surface area contributed by atoms with E-state index < -0.39 is 18.0 Å². The summed E-state index contributed by atoms with van der Waals surface area (Å²) in [5.74, 6) is -1.07. The average molecular weight is 236 g/mol. The van der Waals surface area contributed by atoms with Crippen LogP contribution in [0.15, 0.2) is 30.3 Å². The number of hydrogen-bond donors (Lipinski definition) is 1. The Morgan fingerprint density at radius 3 is 2.65 bits per heavy atom. The van der Waals surface area contributed by atoms with Gasteiger partial charge in [-0.15, -0.1) is 0 Å². The van der Waals surface area contributed by atoms with Crippen molar-refractivity contribution in [2.24, 2.45) is 0 Å². The summed E-state index contributed by atoms with van der Waals surface area (Å²) >= 11 is 0. The van der Waals surface area contributed by atoms with Crippen molar-refractivity contribution < 1.29 is 19.4 Å². The topological polar surface area (TPSA) is 55.8 Å². The molecule has 17 heavy (non-hydrogen) atoms. The van der Waals surface area contributed by atoms with E-state index in [9.17, 15) is 9.90 Å². The van der Waals surface area contributed by atoms with E-state index in [1.54, 1.807) is 26.0 Å². The minimum absolute atomic E-state index is 0.0262. The molecular weight excluding hydrogens is 220 g/mol. The molecule has 2 rings (SSSR count). The summed E-state index contributed by atoms with van der Waals surface area (Å²) in [5.41, 5.74) is 0.670. The number of Topliss-reactive ketones (excluding diaryl/α,β-unsaturated/α-hetero) is 1. The fourth-order valence-electron chi connectivity index (χ4n) is 1.80. The second-order valence-electron chi connectivity index (χ2n) is 4.55. The number of aliphatic hydroxyl groups excluding tert-OH is 1. The summed E-state index contributed by atoms with van der Waals surface area (Å²) in [4.78, 5) is 11.7. The van der Waals surface area contributed by atoms with Gasteiger partial charge in [-0.25, -0.2) is 0 Å². The fraction of sp³-hybridized carbons (Fsp3) is 0.462. The summed E-state index contributed by atoms with van der Waals surface area (Å²) in [6.07, 6.45) is -1.81. The van der Waals surface area contributed by atoms with Gasteiger partial charge in [0.2, 0.25) is 0 Å². The molecule has 0 bridgehead atoms. The van der Waals surface area contributed by atoms with Crippen LogP contribution in [-0.4, -0.2) is 29.4 Å². The molecule has 4 heteroatoms. The maximum absolute atomic E-state index is 11.7. The molecule has 1 heterocycles. The number of ether oxygens (including phenoxy) is 2. The minimum Gasteiger partial charge on any atom is -0.385 e. The number of benzene rings is 1. The lowest BCUT2D eigenvalue weighted by molar-refractivity contribution is -0.271. The van der Waals surface area contributed by atoms with E-state index in [2.05, 4.69) is 0 Å². The molecule has 0 amide bonds. The van der Waals surface area contributed by atoms with Crippen molar-refractivity contribution in [1.82, 2.24) is 0 Å². The number of carbonyl (C=O) groups is 1. The SMILES string of the molecule is CC1(C)OCC(=O)[C@@H]([C@H](O)c2ccccc2)O1. The molecule has 0 aliphatic carbocycles. The highest BCUT2D eigenvalue weighted by Crippen LogP contribution is 2.28. The van der Waals surface area contributed by atoms with E-state index in [0.29, 0.717) is 5.56 Å². The van der Waals surface area contributed by atoms with E-state index >= 15 is 0 Å². The summed E-state index contributed by atoms with van der Waals surface area (Å²) in [6, 6.07) is 9.02. The highest BCUT2D eigenvalue weighted by molar-refractivity contribution is 5.85. The van der Waals surface area contributed by atoms with E-state index in [0.717, 1.165) is 0 Å². The zero-order chi connectivity index (χ0) is 12.5. The molecule has 1 aromatic carbocycles. The highest BCUT2D eigenvalue weighted by Gasteiger charge is 2.39. The smallest absolute Gasteiger partial charge is 0.190 e. The quantitative estimate of drug-likeness (QED) is 0.844. The Morgan fingerprint density at radius 1 is 1.35 bits per heavy atom. The van der Waals surface area contributed by atoms with Crippen molar-refractivity contribution in [2.75, 3.05) is 6.61 Å². The van der Waals surface area contributed by atoms with Crippen LogP contribution < -0.4 is 0 Å². The third-order valence-corrected chi connectivity index (χ3v) is 2.72. The molecule has 0 unspecified atom stereocenters. The summed E-state index contributed by atoms with van der Waals surface area (Å²) in [6.45, 7) is 3.43. The second-order valence-corrected chi connectivity index (χ2v) is 4.55. The van der Waals surface area contributed by atoms with Crippen LogP contribution in [0.4, 0.5) is 0 Å². The lowest BCUT2D eigenvalue weighted by Gasteiger charge is -2.36. The van der Waals surface area contributed by atoms with E-state index in [1.165, 1.54) is 0 Å². The van der Waals surface area contributed by atoms with Crippen LogP contribution in [0.25, 0.3) is 0 Å². The summed E-state index contributed by atoms with van der Waals surface area (Å²) in [7, 11) is 0. The molecular formula is C13H16O4. The van der Waals surface area contributed by atoms with E-state index in [-0.39, 0.29) is 12.4 Å². The van der Waals surface area contributed by atoms with Gasteiger partial charge in [0.1, 0.15) is 12.7 Å². The molecule has 1 aliphatic rings. The second kappa shape index (κ2) is 4.56. The maximum atomic E-state index is 11.7. The Balaban J connectivity index is 2.18. The predicted octanol–water partition coefficient (Wildman–Crippen LogP) is 1.44. The monoisotopic (exact) mass is 236 g/mol. The van der Waals surface area contributed by atoms with Crippen LogP contribution >= 0.6 is 0 Å². The number of rotatable bonds is 2. The van der Waals surface area contributed by atoms with Gasteiger partial charge in [-0.05, 0) is 19.4 Å². The van der Waals surface area contributed by atoms with Gasteiger partial charge >= 0.3 is 0 Å². The van der Waals surface area contributed by atoms with Crippen LogP contribution in [0.2, 0.25) is 0 Å². The molecule has 4 nitrogen and oxygen atoms in total. The van der Waals surface area contributed by atoms with Crippen molar-refractivity contribution in [1.29, 1.82) is 0 Å². The maximum Gasteiger partial charge on any atom is 0.190 e. The molecule has 1 aromatic rings. The molecule has 2 atom stereocenters. The molecule has 1 N–H and O–H groups in total. The number of hydrogen-bond acceptors (Lipinski definition) is 4. The van der Waals surface area contributed by atoms with Crippen molar-refractivity contribution in [2.45, 2.75) is 31.8 Å². The number of aliphatic hydroxyl groups is 1. The fourth-order valence-corrected chi connectivity index (χ4v) is 1.80. The number of ketones is 1. The highest BCUT2D eigenvalue weighted by atomic mass is 16.7. The first-order chi connectivity index (χ1) is 7.99. The Morgan fingerprint density at radius 2 is 2.00 bits per heavy atom. The molecule has 0 radical (unpaired) electrons. The minimum atomic E-state index is -0.952. The Hall–Kier alpha value is -1.23. The Labute approximate surface area is 100 Å². The van der Waals surface area contributed by atoms with Crippen molar-refractivity contribution in [3.8, 4) is 0 Å². The largest absolute Gasteiger partial charge is 0.385 e. The van der Waals surface area contributed by atoms with Gasteiger partial charge in [0, 0.05) is 0 Å². The Kier molecular flexibility index (Phi) is 3.28. The molecule has 92 valence electrons. The van der Waals surface area contributed by atoms with Crippen molar-refractivity contribution >= 4 is 5.78 Å². The van der Waals surface area contributed by atoms with E-state index in [4.69, 9.17) is 9.47 Å². The van der Waals surface area contributed by atoms with Crippen LogP contribution in [0.5, 0.6) is 0 Å². The van der Waals surface area contributed by atoms with Crippen LogP contribution in [0, 0.1) is 0 Å².